The fourth-order valence-corrected chi connectivity index (χ4v) is 4.63. The second-order valence-corrected chi connectivity index (χ2v) is 8.96. The van der Waals surface area contributed by atoms with E-state index in [0.717, 1.165) is 0 Å². The Morgan fingerprint density at radius 2 is 2.00 bits per heavy atom. The lowest BCUT2D eigenvalue weighted by atomic mass is 10.1. The molecule has 1 rings (SSSR count). The zero-order valence-electron chi connectivity index (χ0n) is 11.3. The molecule has 0 aliphatic rings. The third-order valence-corrected chi connectivity index (χ3v) is 6.65. The lowest BCUT2D eigenvalue weighted by molar-refractivity contribution is 0.551. The van der Waals surface area contributed by atoms with E-state index in [9.17, 15) is 17.0 Å². The van der Waals surface area contributed by atoms with Crippen LogP contribution in [0.1, 0.15) is 25.5 Å². The molecule has 0 heterocycles. The van der Waals surface area contributed by atoms with Crippen LogP contribution in [0.4, 0.5) is 4.39 Å². The molecule has 0 aliphatic heterocycles. The third-order valence-electron chi connectivity index (χ3n) is 2.55. The first-order valence-corrected chi connectivity index (χ1v) is 9.66. The molecule has 9 heteroatoms. The van der Waals surface area contributed by atoms with Crippen molar-refractivity contribution < 1.29 is 17.0 Å². The van der Waals surface area contributed by atoms with Gasteiger partial charge in [0, 0.05) is 28.6 Å². The van der Waals surface area contributed by atoms with E-state index < -0.39 is 31.8 Å². The van der Waals surface area contributed by atoms with Crippen molar-refractivity contribution in [2.24, 2.45) is 3.77 Å². The molecule has 0 aromatic heterocycles. The molecule has 0 bridgehead atoms. The molecule has 114 valence electrons. The maximum atomic E-state index is 13.7. The second kappa shape index (κ2) is 6.38. The molecule has 0 radical (unpaired) electrons. The van der Waals surface area contributed by atoms with Crippen molar-refractivity contribution in [2.75, 3.05) is 12.0 Å². The molecule has 0 fully saturated rings. The highest BCUT2D eigenvalue weighted by molar-refractivity contribution is 8.02. The minimum atomic E-state index is -4.16. The zero-order chi connectivity index (χ0) is 15.6. The van der Waals surface area contributed by atoms with Gasteiger partial charge in [0.2, 0.25) is 0 Å². The SMILES string of the molecule is CC[S@](C)(=O)=NS(=O)(=O)N[C@@H](C)c1c(F)cccc1Cl. The normalized spacial score (nSPS) is 16.4. The van der Waals surface area contributed by atoms with Crippen LogP contribution < -0.4 is 4.72 Å². The monoisotopic (exact) mass is 342 g/mol. The van der Waals surface area contributed by atoms with Gasteiger partial charge in [-0.3, -0.25) is 0 Å². The fourth-order valence-electron chi connectivity index (χ4n) is 1.49. The van der Waals surface area contributed by atoms with Crippen molar-refractivity contribution in [1.82, 2.24) is 4.72 Å². The summed E-state index contributed by atoms with van der Waals surface area (Å²) in [5.74, 6) is -0.525. The number of halogens is 2. The van der Waals surface area contributed by atoms with Crippen molar-refractivity contribution >= 4 is 31.5 Å². The maximum absolute atomic E-state index is 13.7. The van der Waals surface area contributed by atoms with Crippen LogP contribution in [0, 0.1) is 5.82 Å². The van der Waals surface area contributed by atoms with Crippen molar-refractivity contribution in [1.29, 1.82) is 0 Å². The molecule has 1 N–H and O–H groups in total. The van der Waals surface area contributed by atoms with Crippen LogP contribution in [-0.4, -0.2) is 24.6 Å². The molecular weight excluding hydrogens is 327 g/mol. The van der Waals surface area contributed by atoms with Gasteiger partial charge in [0.25, 0.3) is 0 Å². The van der Waals surface area contributed by atoms with Gasteiger partial charge in [-0.25, -0.2) is 8.60 Å². The first-order valence-electron chi connectivity index (χ1n) is 5.75. The summed E-state index contributed by atoms with van der Waals surface area (Å²) < 4.78 is 54.4. The van der Waals surface area contributed by atoms with Gasteiger partial charge in [0.1, 0.15) is 5.82 Å². The molecule has 0 saturated heterocycles. The van der Waals surface area contributed by atoms with E-state index in [1.807, 2.05) is 0 Å². The summed E-state index contributed by atoms with van der Waals surface area (Å²) in [4.78, 5) is 0. The van der Waals surface area contributed by atoms with E-state index in [4.69, 9.17) is 11.6 Å². The van der Waals surface area contributed by atoms with Gasteiger partial charge in [0.05, 0.1) is 9.73 Å². The van der Waals surface area contributed by atoms with E-state index in [1.165, 1.54) is 31.4 Å². The average Bonchev–Trinajstić information content (AvgIpc) is 2.26. The van der Waals surface area contributed by atoms with E-state index in [2.05, 4.69) is 8.49 Å². The lowest BCUT2D eigenvalue weighted by Gasteiger charge is -2.15. The van der Waals surface area contributed by atoms with Gasteiger partial charge in [-0.05, 0) is 19.1 Å². The molecule has 0 unspecified atom stereocenters. The molecule has 0 aliphatic carbocycles. The summed E-state index contributed by atoms with van der Waals surface area (Å²) in [6.07, 6.45) is 1.24. The molecule has 5 nitrogen and oxygen atoms in total. The Kier molecular flexibility index (Phi) is 5.54. The molecule has 0 amide bonds. The van der Waals surface area contributed by atoms with E-state index in [0.29, 0.717) is 0 Å². The minimum absolute atomic E-state index is 0.0204. The first-order chi connectivity index (χ1) is 9.08. The quantitative estimate of drug-likeness (QED) is 0.893. The zero-order valence-corrected chi connectivity index (χ0v) is 13.6. The Balaban J connectivity index is 3.11. The first kappa shape index (κ1) is 17.4. The summed E-state index contributed by atoms with van der Waals surface area (Å²) in [6.45, 7) is 3.00. The van der Waals surface area contributed by atoms with Crippen molar-refractivity contribution in [3.05, 3.63) is 34.6 Å². The van der Waals surface area contributed by atoms with Crippen LogP contribution in [0.15, 0.2) is 22.0 Å². The van der Waals surface area contributed by atoms with Crippen LogP contribution in [0.2, 0.25) is 5.02 Å². The molecule has 1 aromatic rings. The number of hydrogen-bond acceptors (Lipinski definition) is 3. The van der Waals surface area contributed by atoms with Gasteiger partial charge < -0.3 is 0 Å². The van der Waals surface area contributed by atoms with Crippen LogP contribution >= 0.6 is 11.6 Å². The Labute approximate surface area is 123 Å². The maximum Gasteiger partial charge on any atom is 0.328 e. The largest absolute Gasteiger partial charge is 0.328 e. The number of nitrogens with zero attached hydrogens (tertiary/aromatic N) is 1. The van der Waals surface area contributed by atoms with Gasteiger partial charge in [-0.15, -0.1) is 0 Å². The van der Waals surface area contributed by atoms with Crippen LogP contribution in [0.25, 0.3) is 0 Å². The predicted molar refractivity (Wildman–Crippen MR) is 78.9 cm³/mol. The Morgan fingerprint density at radius 1 is 1.40 bits per heavy atom. The van der Waals surface area contributed by atoms with E-state index in [-0.39, 0.29) is 16.3 Å². The summed E-state index contributed by atoms with van der Waals surface area (Å²) in [5, 5.41) is 0.105. The number of rotatable bonds is 5. The third kappa shape index (κ3) is 4.69. The Morgan fingerprint density at radius 3 is 2.50 bits per heavy atom. The molecule has 0 saturated carbocycles. The highest BCUT2D eigenvalue weighted by Crippen LogP contribution is 2.26. The van der Waals surface area contributed by atoms with E-state index in [1.54, 1.807) is 6.92 Å². The number of nitrogens with one attached hydrogen (secondary N) is 1. The van der Waals surface area contributed by atoms with Gasteiger partial charge in [-0.2, -0.15) is 13.1 Å². The number of benzene rings is 1. The van der Waals surface area contributed by atoms with Crippen molar-refractivity contribution in [2.45, 2.75) is 19.9 Å². The van der Waals surface area contributed by atoms with Gasteiger partial charge >= 0.3 is 10.2 Å². The minimum Gasteiger partial charge on any atom is -0.249 e. The van der Waals surface area contributed by atoms with Crippen LogP contribution in [-0.2, 0) is 19.9 Å². The summed E-state index contributed by atoms with van der Waals surface area (Å²) in [7, 11) is -6.99. The highest BCUT2D eigenvalue weighted by atomic mass is 35.5. The van der Waals surface area contributed by atoms with E-state index >= 15 is 0 Å². The van der Waals surface area contributed by atoms with Crippen molar-refractivity contribution in [3.63, 3.8) is 0 Å². The van der Waals surface area contributed by atoms with Crippen LogP contribution in [0.5, 0.6) is 0 Å². The summed E-state index contributed by atoms with van der Waals surface area (Å²) in [6, 6.07) is 3.13. The Hall–Kier alpha value is -0.700. The van der Waals surface area contributed by atoms with Gasteiger partial charge in [-0.1, -0.05) is 28.4 Å². The highest BCUT2D eigenvalue weighted by Gasteiger charge is 2.21. The topological polar surface area (TPSA) is 75.6 Å². The standard InChI is InChI=1S/C11H16ClFN2O3S2/c1-4-19(3,16)15-20(17,18)14-8(2)11-9(12)6-5-7-10(11)13/h5-8,14H,4H2,1-3H3/t8-,19-/m0/s1. The van der Waals surface area contributed by atoms with Crippen LogP contribution in [0.3, 0.4) is 0 Å². The molecule has 2 atom stereocenters. The summed E-state index contributed by atoms with van der Waals surface area (Å²) in [5.41, 5.74) is 0.0204. The second-order valence-electron chi connectivity index (χ2n) is 4.27. The Bertz CT molecular complexity index is 692. The predicted octanol–water partition coefficient (Wildman–Crippen LogP) is 2.49. The van der Waals surface area contributed by atoms with Crippen molar-refractivity contribution in [3.8, 4) is 0 Å². The average molecular weight is 343 g/mol. The smallest absolute Gasteiger partial charge is 0.249 e. The molecule has 0 spiro atoms. The fraction of sp³-hybridized carbons (Fsp3) is 0.455. The molecular formula is C11H16ClFN2O3S2. The molecule has 1 aromatic carbocycles. The number of hydrogen-bond donors (Lipinski definition) is 1. The lowest BCUT2D eigenvalue weighted by Crippen LogP contribution is -2.27. The molecule has 20 heavy (non-hydrogen) atoms. The van der Waals surface area contributed by atoms with Gasteiger partial charge in [0.15, 0.2) is 0 Å². The summed E-state index contributed by atoms with van der Waals surface area (Å²) >= 11 is 5.85.